The number of ether oxygens (including phenoxy) is 1. The predicted octanol–water partition coefficient (Wildman–Crippen LogP) is 3.26. The standard InChI is InChI=1S/C15H20N2O2S/c1-10-11(9-16)13(17-7-5-6-8-17)20-12(10)14(18)19-15(2,3)4/h5-8H,9,16H2,1-4H3. The average molecular weight is 292 g/mol. The molecule has 0 aliphatic carbocycles. The molecule has 2 aromatic heterocycles. The molecule has 2 rings (SSSR count). The fourth-order valence-corrected chi connectivity index (χ4v) is 3.15. The third kappa shape index (κ3) is 2.94. The number of carbonyl (C=O) groups is 1. The summed E-state index contributed by atoms with van der Waals surface area (Å²) in [5.41, 5.74) is 7.25. The molecule has 4 nitrogen and oxygen atoms in total. The van der Waals surface area contributed by atoms with E-state index in [1.165, 1.54) is 11.3 Å². The van der Waals surface area contributed by atoms with E-state index in [1.54, 1.807) is 0 Å². The normalized spacial score (nSPS) is 11.7. The van der Waals surface area contributed by atoms with Crippen LogP contribution in [-0.4, -0.2) is 16.1 Å². The number of aromatic nitrogens is 1. The van der Waals surface area contributed by atoms with Crippen LogP contribution in [0.25, 0.3) is 5.00 Å². The first-order chi connectivity index (χ1) is 9.33. The van der Waals surface area contributed by atoms with E-state index >= 15 is 0 Å². The lowest BCUT2D eigenvalue weighted by Gasteiger charge is -2.19. The summed E-state index contributed by atoms with van der Waals surface area (Å²) in [6.45, 7) is 7.92. The zero-order valence-corrected chi connectivity index (χ0v) is 13.1. The third-order valence-corrected chi connectivity index (χ3v) is 4.21. The van der Waals surface area contributed by atoms with E-state index in [0.717, 1.165) is 16.1 Å². The first kappa shape index (κ1) is 14.8. The Labute approximate surface area is 123 Å². The van der Waals surface area contributed by atoms with Crippen molar-refractivity contribution in [3.63, 3.8) is 0 Å². The summed E-state index contributed by atoms with van der Waals surface area (Å²) in [6, 6.07) is 3.89. The molecule has 0 aromatic carbocycles. The maximum Gasteiger partial charge on any atom is 0.349 e. The van der Waals surface area contributed by atoms with Crippen LogP contribution in [0.2, 0.25) is 0 Å². The SMILES string of the molecule is Cc1c(C(=O)OC(C)(C)C)sc(-n2cccc2)c1CN. The second kappa shape index (κ2) is 5.42. The van der Waals surface area contributed by atoms with Crippen molar-refractivity contribution in [2.75, 3.05) is 0 Å². The Balaban J connectivity index is 2.44. The first-order valence-corrected chi connectivity index (χ1v) is 7.34. The maximum absolute atomic E-state index is 12.3. The topological polar surface area (TPSA) is 57.2 Å². The lowest BCUT2D eigenvalue weighted by atomic mass is 10.1. The lowest BCUT2D eigenvalue weighted by molar-refractivity contribution is 0.00745. The molecule has 0 amide bonds. The van der Waals surface area contributed by atoms with Gasteiger partial charge in [0.15, 0.2) is 0 Å². The van der Waals surface area contributed by atoms with Gasteiger partial charge in [-0.3, -0.25) is 0 Å². The molecule has 0 unspecified atom stereocenters. The van der Waals surface area contributed by atoms with Gasteiger partial charge in [0.1, 0.15) is 15.5 Å². The second-order valence-electron chi connectivity index (χ2n) is 5.64. The first-order valence-electron chi connectivity index (χ1n) is 6.52. The zero-order valence-electron chi connectivity index (χ0n) is 12.3. The van der Waals surface area contributed by atoms with Gasteiger partial charge in [-0.25, -0.2) is 4.79 Å². The Morgan fingerprint density at radius 2 is 1.95 bits per heavy atom. The summed E-state index contributed by atoms with van der Waals surface area (Å²) < 4.78 is 7.44. The van der Waals surface area contributed by atoms with Crippen molar-refractivity contribution in [1.29, 1.82) is 0 Å². The Kier molecular flexibility index (Phi) is 4.01. The van der Waals surface area contributed by atoms with Gasteiger partial charge in [-0.15, -0.1) is 11.3 Å². The Hall–Kier alpha value is -1.59. The predicted molar refractivity (Wildman–Crippen MR) is 81.4 cm³/mol. The van der Waals surface area contributed by atoms with E-state index < -0.39 is 5.60 Å². The number of carbonyl (C=O) groups excluding carboxylic acids is 1. The molecule has 108 valence electrons. The van der Waals surface area contributed by atoms with Crippen molar-refractivity contribution in [2.24, 2.45) is 5.73 Å². The van der Waals surface area contributed by atoms with Gasteiger partial charge in [0.25, 0.3) is 0 Å². The van der Waals surface area contributed by atoms with E-state index in [9.17, 15) is 4.79 Å². The summed E-state index contributed by atoms with van der Waals surface area (Å²) in [5, 5.41) is 0.982. The highest BCUT2D eigenvalue weighted by molar-refractivity contribution is 7.16. The van der Waals surface area contributed by atoms with E-state index in [0.29, 0.717) is 11.4 Å². The minimum Gasteiger partial charge on any atom is -0.456 e. The zero-order chi connectivity index (χ0) is 14.9. The van der Waals surface area contributed by atoms with Gasteiger partial charge in [-0.2, -0.15) is 0 Å². The van der Waals surface area contributed by atoms with Gasteiger partial charge in [0, 0.05) is 24.5 Å². The molecule has 5 heteroatoms. The number of esters is 1. The number of hydrogen-bond donors (Lipinski definition) is 1. The van der Waals surface area contributed by atoms with Gasteiger partial charge in [0.05, 0.1) is 0 Å². The molecule has 2 heterocycles. The van der Waals surface area contributed by atoms with Crippen LogP contribution in [0.5, 0.6) is 0 Å². The Morgan fingerprint density at radius 1 is 1.35 bits per heavy atom. The molecule has 0 aliphatic rings. The van der Waals surface area contributed by atoms with Crippen LogP contribution in [0.15, 0.2) is 24.5 Å². The molecule has 2 N–H and O–H groups in total. The fraction of sp³-hybridized carbons (Fsp3) is 0.400. The number of hydrogen-bond acceptors (Lipinski definition) is 4. The third-order valence-electron chi connectivity index (χ3n) is 2.88. The average Bonchev–Trinajstić information content (AvgIpc) is 2.93. The quantitative estimate of drug-likeness (QED) is 0.883. The maximum atomic E-state index is 12.3. The Morgan fingerprint density at radius 3 is 2.45 bits per heavy atom. The lowest BCUT2D eigenvalue weighted by Crippen LogP contribution is -2.23. The van der Waals surface area contributed by atoms with Crippen LogP contribution in [-0.2, 0) is 11.3 Å². The molecule has 0 aliphatic heterocycles. The molecule has 0 radical (unpaired) electrons. The van der Waals surface area contributed by atoms with Crippen molar-refractivity contribution in [1.82, 2.24) is 4.57 Å². The molecule has 2 aromatic rings. The smallest absolute Gasteiger partial charge is 0.349 e. The van der Waals surface area contributed by atoms with Crippen molar-refractivity contribution < 1.29 is 9.53 Å². The molecule has 0 atom stereocenters. The summed E-state index contributed by atoms with van der Waals surface area (Å²) in [5.74, 6) is -0.284. The van der Waals surface area contributed by atoms with Gasteiger partial charge in [-0.1, -0.05) is 0 Å². The van der Waals surface area contributed by atoms with Crippen molar-refractivity contribution in [3.05, 3.63) is 40.5 Å². The molecular weight excluding hydrogens is 272 g/mol. The summed E-state index contributed by atoms with van der Waals surface area (Å²) >= 11 is 1.43. The van der Waals surface area contributed by atoms with Crippen molar-refractivity contribution in [2.45, 2.75) is 39.8 Å². The van der Waals surface area contributed by atoms with Gasteiger partial charge in [-0.05, 0) is 45.4 Å². The number of thiophene rings is 1. The van der Waals surface area contributed by atoms with E-state index in [2.05, 4.69) is 0 Å². The highest BCUT2D eigenvalue weighted by Gasteiger charge is 2.24. The van der Waals surface area contributed by atoms with Crippen molar-refractivity contribution >= 4 is 17.3 Å². The summed E-state index contributed by atoms with van der Waals surface area (Å²) in [7, 11) is 0. The fourth-order valence-electron chi connectivity index (χ4n) is 1.97. The molecular formula is C15H20N2O2S. The minimum absolute atomic E-state index is 0.284. The number of rotatable bonds is 3. The van der Waals surface area contributed by atoms with Crippen molar-refractivity contribution in [3.8, 4) is 5.00 Å². The van der Waals surface area contributed by atoms with Crippen LogP contribution in [0.1, 0.15) is 41.6 Å². The molecule has 0 saturated heterocycles. The molecule has 0 fully saturated rings. The number of nitrogens with zero attached hydrogens (tertiary/aromatic N) is 1. The van der Waals surface area contributed by atoms with Crippen LogP contribution in [0.4, 0.5) is 0 Å². The second-order valence-corrected chi connectivity index (χ2v) is 6.64. The van der Waals surface area contributed by atoms with Crippen LogP contribution < -0.4 is 5.73 Å². The largest absolute Gasteiger partial charge is 0.456 e. The summed E-state index contributed by atoms with van der Waals surface area (Å²) in [6.07, 6.45) is 3.90. The minimum atomic E-state index is -0.496. The van der Waals surface area contributed by atoms with Gasteiger partial charge in [0.2, 0.25) is 0 Å². The van der Waals surface area contributed by atoms with Crippen LogP contribution in [0.3, 0.4) is 0 Å². The highest BCUT2D eigenvalue weighted by atomic mass is 32.1. The Bertz CT molecular complexity index is 607. The van der Waals surface area contributed by atoms with Gasteiger partial charge >= 0.3 is 5.97 Å². The van der Waals surface area contributed by atoms with Crippen LogP contribution in [0, 0.1) is 6.92 Å². The molecule has 0 bridgehead atoms. The molecule has 0 saturated carbocycles. The molecule has 0 spiro atoms. The number of nitrogens with two attached hydrogens (primary N) is 1. The monoisotopic (exact) mass is 292 g/mol. The van der Waals surface area contributed by atoms with E-state index in [-0.39, 0.29) is 5.97 Å². The van der Waals surface area contributed by atoms with Crippen LogP contribution >= 0.6 is 11.3 Å². The van der Waals surface area contributed by atoms with E-state index in [1.807, 2.05) is 56.8 Å². The van der Waals surface area contributed by atoms with E-state index in [4.69, 9.17) is 10.5 Å². The molecule has 20 heavy (non-hydrogen) atoms. The summed E-state index contributed by atoms with van der Waals surface area (Å²) in [4.78, 5) is 12.9. The highest BCUT2D eigenvalue weighted by Crippen LogP contribution is 2.32. The van der Waals surface area contributed by atoms with Gasteiger partial charge < -0.3 is 15.0 Å².